The molecule has 0 radical (unpaired) electrons. The van der Waals surface area contributed by atoms with Gasteiger partial charge < -0.3 is 5.32 Å². The molecular weight excluding hydrogens is 234 g/mol. The minimum atomic E-state index is -3.14. The van der Waals surface area contributed by atoms with Crippen LogP contribution in [-0.2, 0) is 9.84 Å². The Bertz CT molecular complexity index is 426. The standard InChI is InChI=1S/C13H21NO2S/c1-11(2)12(3)14-9-10-17(15,16)13-7-5-4-6-8-13/h4-8,11-12,14H,9-10H2,1-3H3. The lowest BCUT2D eigenvalue weighted by Crippen LogP contribution is -2.34. The zero-order valence-corrected chi connectivity index (χ0v) is 11.5. The van der Waals surface area contributed by atoms with Gasteiger partial charge in [0.15, 0.2) is 9.84 Å². The third-order valence-electron chi connectivity index (χ3n) is 2.94. The highest BCUT2D eigenvalue weighted by Crippen LogP contribution is 2.09. The number of hydrogen-bond donors (Lipinski definition) is 1. The monoisotopic (exact) mass is 255 g/mol. The van der Waals surface area contributed by atoms with Crippen molar-refractivity contribution < 1.29 is 8.42 Å². The number of hydrogen-bond acceptors (Lipinski definition) is 3. The largest absolute Gasteiger partial charge is 0.313 e. The van der Waals surface area contributed by atoms with E-state index in [2.05, 4.69) is 26.1 Å². The Kier molecular flexibility index (Phi) is 5.15. The molecule has 4 heteroatoms. The van der Waals surface area contributed by atoms with E-state index in [0.29, 0.717) is 23.4 Å². The summed E-state index contributed by atoms with van der Waals surface area (Å²) in [5.41, 5.74) is 0. The predicted molar refractivity (Wildman–Crippen MR) is 70.8 cm³/mol. The van der Waals surface area contributed by atoms with Crippen molar-refractivity contribution in [2.24, 2.45) is 5.92 Å². The first-order valence-corrected chi connectivity index (χ1v) is 7.60. The minimum absolute atomic E-state index is 0.147. The van der Waals surface area contributed by atoms with Crippen LogP contribution in [0.4, 0.5) is 0 Å². The predicted octanol–water partition coefficient (Wildman–Crippen LogP) is 2.09. The van der Waals surface area contributed by atoms with Gasteiger partial charge in [-0.05, 0) is 25.0 Å². The molecule has 17 heavy (non-hydrogen) atoms. The van der Waals surface area contributed by atoms with Crippen molar-refractivity contribution in [1.82, 2.24) is 5.32 Å². The summed E-state index contributed by atoms with van der Waals surface area (Å²) in [6, 6.07) is 8.93. The zero-order valence-electron chi connectivity index (χ0n) is 10.7. The zero-order chi connectivity index (χ0) is 12.9. The summed E-state index contributed by atoms with van der Waals surface area (Å²) in [5.74, 6) is 0.656. The minimum Gasteiger partial charge on any atom is -0.313 e. The molecule has 1 N–H and O–H groups in total. The fraction of sp³-hybridized carbons (Fsp3) is 0.538. The highest BCUT2D eigenvalue weighted by Gasteiger charge is 2.14. The van der Waals surface area contributed by atoms with Crippen LogP contribution < -0.4 is 5.32 Å². The fourth-order valence-electron chi connectivity index (χ4n) is 1.40. The lowest BCUT2D eigenvalue weighted by Gasteiger charge is -2.17. The molecular formula is C13H21NO2S. The smallest absolute Gasteiger partial charge is 0.179 e. The fourth-order valence-corrected chi connectivity index (χ4v) is 2.60. The summed E-state index contributed by atoms with van der Waals surface area (Å²) in [6.45, 7) is 6.79. The van der Waals surface area contributed by atoms with Crippen LogP contribution in [0.5, 0.6) is 0 Å². The molecule has 0 spiro atoms. The maximum atomic E-state index is 11.9. The summed E-state index contributed by atoms with van der Waals surface area (Å²) in [7, 11) is -3.14. The van der Waals surface area contributed by atoms with Crippen molar-refractivity contribution in [2.75, 3.05) is 12.3 Å². The van der Waals surface area contributed by atoms with Crippen molar-refractivity contribution in [3.8, 4) is 0 Å². The molecule has 0 saturated heterocycles. The summed E-state index contributed by atoms with van der Waals surface area (Å²) in [5, 5.41) is 3.23. The maximum absolute atomic E-state index is 11.9. The summed E-state index contributed by atoms with van der Waals surface area (Å²) < 4.78 is 23.9. The van der Waals surface area contributed by atoms with Crippen LogP contribution in [0.15, 0.2) is 35.2 Å². The SMILES string of the molecule is CC(C)C(C)NCCS(=O)(=O)c1ccccc1. The highest BCUT2D eigenvalue weighted by molar-refractivity contribution is 7.91. The van der Waals surface area contributed by atoms with Gasteiger partial charge in [-0.15, -0.1) is 0 Å². The van der Waals surface area contributed by atoms with Crippen LogP contribution in [0.25, 0.3) is 0 Å². The van der Waals surface area contributed by atoms with E-state index in [-0.39, 0.29) is 5.75 Å². The molecule has 0 bridgehead atoms. The van der Waals surface area contributed by atoms with Gasteiger partial charge in [-0.1, -0.05) is 32.0 Å². The van der Waals surface area contributed by atoms with Gasteiger partial charge in [-0.3, -0.25) is 0 Å². The molecule has 0 aliphatic carbocycles. The first-order chi connectivity index (χ1) is 7.93. The molecule has 1 atom stereocenters. The lowest BCUT2D eigenvalue weighted by molar-refractivity contribution is 0.437. The summed E-state index contributed by atoms with van der Waals surface area (Å²) in [6.07, 6.45) is 0. The van der Waals surface area contributed by atoms with E-state index >= 15 is 0 Å². The molecule has 0 heterocycles. The molecule has 1 rings (SSSR count). The quantitative estimate of drug-likeness (QED) is 0.846. The molecule has 0 saturated carbocycles. The molecule has 1 aromatic rings. The van der Waals surface area contributed by atoms with Gasteiger partial charge >= 0.3 is 0 Å². The second-order valence-electron chi connectivity index (χ2n) is 4.62. The van der Waals surface area contributed by atoms with Gasteiger partial charge in [-0.2, -0.15) is 0 Å². The Balaban J connectivity index is 2.52. The molecule has 0 aliphatic rings. The van der Waals surface area contributed by atoms with Crippen molar-refractivity contribution in [2.45, 2.75) is 31.7 Å². The number of rotatable bonds is 6. The first-order valence-electron chi connectivity index (χ1n) is 5.94. The van der Waals surface area contributed by atoms with E-state index < -0.39 is 9.84 Å². The van der Waals surface area contributed by atoms with E-state index in [9.17, 15) is 8.42 Å². The van der Waals surface area contributed by atoms with E-state index in [4.69, 9.17) is 0 Å². The van der Waals surface area contributed by atoms with Crippen LogP contribution in [0.3, 0.4) is 0 Å². The molecule has 1 aromatic carbocycles. The third kappa shape index (κ3) is 4.48. The number of benzene rings is 1. The van der Waals surface area contributed by atoms with Gasteiger partial charge in [0.1, 0.15) is 0 Å². The Morgan fingerprint density at radius 1 is 1.12 bits per heavy atom. The van der Waals surface area contributed by atoms with Gasteiger partial charge in [0.25, 0.3) is 0 Å². The van der Waals surface area contributed by atoms with Gasteiger partial charge in [0, 0.05) is 12.6 Å². The number of sulfone groups is 1. The molecule has 0 amide bonds. The van der Waals surface area contributed by atoms with E-state index in [1.54, 1.807) is 24.3 Å². The van der Waals surface area contributed by atoms with Crippen LogP contribution in [0.1, 0.15) is 20.8 Å². The lowest BCUT2D eigenvalue weighted by atomic mass is 10.1. The molecule has 0 fully saturated rings. The van der Waals surface area contributed by atoms with Crippen LogP contribution >= 0.6 is 0 Å². The molecule has 0 aromatic heterocycles. The average Bonchev–Trinajstić information content (AvgIpc) is 2.29. The van der Waals surface area contributed by atoms with Gasteiger partial charge in [-0.25, -0.2) is 8.42 Å². The van der Waals surface area contributed by atoms with Crippen LogP contribution in [-0.4, -0.2) is 26.8 Å². The third-order valence-corrected chi connectivity index (χ3v) is 4.67. The van der Waals surface area contributed by atoms with E-state index in [1.807, 2.05) is 6.07 Å². The van der Waals surface area contributed by atoms with Crippen LogP contribution in [0.2, 0.25) is 0 Å². The van der Waals surface area contributed by atoms with E-state index in [0.717, 1.165) is 0 Å². The van der Waals surface area contributed by atoms with Crippen LogP contribution in [0, 0.1) is 5.92 Å². The van der Waals surface area contributed by atoms with E-state index in [1.165, 1.54) is 0 Å². The summed E-state index contributed by atoms with van der Waals surface area (Å²) >= 11 is 0. The van der Waals surface area contributed by atoms with Gasteiger partial charge in [0.05, 0.1) is 10.6 Å². The first kappa shape index (κ1) is 14.2. The van der Waals surface area contributed by atoms with Gasteiger partial charge in [0.2, 0.25) is 0 Å². The molecule has 96 valence electrons. The van der Waals surface area contributed by atoms with Crippen molar-refractivity contribution >= 4 is 9.84 Å². The number of nitrogens with one attached hydrogen (secondary N) is 1. The van der Waals surface area contributed by atoms with Crippen molar-refractivity contribution in [3.63, 3.8) is 0 Å². The Hall–Kier alpha value is -0.870. The van der Waals surface area contributed by atoms with Crippen molar-refractivity contribution in [1.29, 1.82) is 0 Å². The second kappa shape index (κ2) is 6.17. The second-order valence-corrected chi connectivity index (χ2v) is 6.73. The topological polar surface area (TPSA) is 46.2 Å². The maximum Gasteiger partial charge on any atom is 0.179 e. The Morgan fingerprint density at radius 3 is 2.24 bits per heavy atom. The molecule has 0 aliphatic heterocycles. The molecule has 3 nitrogen and oxygen atoms in total. The molecule has 1 unspecified atom stereocenters. The Morgan fingerprint density at radius 2 is 1.71 bits per heavy atom. The summed E-state index contributed by atoms with van der Waals surface area (Å²) in [4.78, 5) is 0.402. The normalized spacial score (nSPS) is 13.9. The highest BCUT2D eigenvalue weighted by atomic mass is 32.2. The van der Waals surface area contributed by atoms with Crippen molar-refractivity contribution in [3.05, 3.63) is 30.3 Å². The average molecular weight is 255 g/mol. The Labute approximate surface area is 104 Å².